The lowest BCUT2D eigenvalue weighted by molar-refractivity contribution is 0.0467. The Labute approximate surface area is 156 Å². The number of esters is 1. The lowest BCUT2D eigenvalue weighted by Crippen LogP contribution is -2.10. The maximum atomic E-state index is 12.3. The van der Waals surface area contributed by atoms with Crippen LogP contribution in [-0.4, -0.2) is 21.0 Å². The van der Waals surface area contributed by atoms with E-state index in [0.717, 1.165) is 0 Å². The highest BCUT2D eigenvalue weighted by Crippen LogP contribution is 2.30. The van der Waals surface area contributed by atoms with Gasteiger partial charge in [-0.15, -0.1) is 0 Å². The van der Waals surface area contributed by atoms with Crippen molar-refractivity contribution >= 4 is 39.6 Å². The predicted molar refractivity (Wildman–Crippen MR) is 97.8 cm³/mol. The van der Waals surface area contributed by atoms with E-state index < -0.39 is 11.6 Å². The molecule has 0 spiro atoms. The third-order valence-electron chi connectivity index (χ3n) is 3.91. The van der Waals surface area contributed by atoms with Crippen molar-refractivity contribution in [3.63, 3.8) is 0 Å². The molecule has 2 aromatic carbocycles. The Morgan fingerprint density at radius 1 is 1.19 bits per heavy atom. The van der Waals surface area contributed by atoms with Crippen molar-refractivity contribution in [2.24, 2.45) is 0 Å². The highest BCUT2D eigenvalue weighted by Gasteiger charge is 2.14. The van der Waals surface area contributed by atoms with Crippen molar-refractivity contribution in [1.29, 1.82) is 0 Å². The van der Waals surface area contributed by atoms with Gasteiger partial charge in [0.15, 0.2) is 5.69 Å². The van der Waals surface area contributed by atoms with Gasteiger partial charge in [-0.3, -0.25) is 4.98 Å². The molecular formula is C19H11ClN2O5. The predicted octanol–water partition coefficient (Wildman–Crippen LogP) is 3.45. The van der Waals surface area contributed by atoms with Gasteiger partial charge in [0.05, 0.1) is 22.3 Å². The second-order valence-corrected chi connectivity index (χ2v) is 6.12. The second-order valence-electron chi connectivity index (χ2n) is 5.71. The normalized spacial score (nSPS) is 11.0. The van der Waals surface area contributed by atoms with E-state index in [4.69, 9.17) is 20.8 Å². The molecule has 0 saturated heterocycles. The number of hydrogen-bond donors (Lipinski definition) is 1. The number of para-hydroxylation sites is 2. The Morgan fingerprint density at radius 2 is 1.96 bits per heavy atom. The van der Waals surface area contributed by atoms with E-state index in [1.807, 2.05) is 6.07 Å². The van der Waals surface area contributed by atoms with Gasteiger partial charge in [0, 0.05) is 23.1 Å². The Balaban J connectivity index is 1.63. The Kier molecular flexibility index (Phi) is 4.21. The zero-order chi connectivity index (χ0) is 19.0. The smallest absolute Gasteiger partial charge is 0.358 e. The average Bonchev–Trinajstić information content (AvgIpc) is 2.67. The summed E-state index contributed by atoms with van der Waals surface area (Å²) in [4.78, 5) is 32.4. The van der Waals surface area contributed by atoms with Crippen LogP contribution in [0.3, 0.4) is 0 Å². The minimum atomic E-state index is -0.681. The number of benzene rings is 2. The van der Waals surface area contributed by atoms with Crippen LogP contribution in [0.4, 0.5) is 0 Å². The van der Waals surface area contributed by atoms with Gasteiger partial charge in [-0.1, -0.05) is 23.7 Å². The van der Waals surface area contributed by atoms with E-state index >= 15 is 0 Å². The first-order valence-electron chi connectivity index (χ1n) is 7.85. The number of halogens is 1. The summed E-state index contributed by atoms with van der Waals surface area (Å²) in [6, 6.07) is 11.0. The highest BCUT2D eigenvalue weighted by atomic mass is 35.5. The molecular weight excluding hydrogens is 372 g/mol. The molecule has 0 aliphatic carbocycles. The van der Waals surface area contributed by atoms with Crippen LogP contribution < -0.4 is 5.63 Å². The zero-order valence-corrected chi connectivity index (χ0v) is 14.4. The topological polar surface area (TPSA) is 103 Å². The fourth-order valence-corrected chi connectivity index (χ4v) is 2.79. The van der Waals surface area contributed by atoms with Crippen LogP contribution in [0.1, 0.15) is 16.1 Å². The van der Waals surface area contributed by atoms with Crippen molar-refractivity contribution in [2.75, 3.05) is 0 Å². The van der Waals surface area contributed by atoms with Crippen molar-refractivity contribution in [3.05, 3.63) is 75.4 Å². The van der Waals surface area contributed by atoms with Gasteiger partial charge < -0.3 is 14.3 Å². The van der Waals surface area contributed by atoms with Crippen LogP contribution in [0.15, 0.2) is 57.9 Å². The molecule has 0 fully saturated rings. The summed E-state index contributed by atoms with van der Waals surface area (Å²) in [6.45, 7) is -0.198. The maximum absolute atomic E-state index is 12.3. The molecule has 0 bridgehead atoms. The van der Waals surface area contributed by atoms with E-state index in [2.05, 4.69) is 9.97 Å². The molecule has 0 saturated carbocycles. The SMILES string of the molecule is O=C(OCc1cc(=O)oc2cc(O)c(Cl)cc12)c1cnc2ccccc2n1. The molecule has 8 heteroatoms. The number of phenols is 1. The molecule has 7 nitrogen and oxygen atoms in total. The molecule has 1 N–H and O–H groups in total. The lowest BCUT2D eigenvalue weighted by Gasteiger charge is -2.08. The molecule has 0 aliphatic rings. The number of fused-ring (bicyclic) bond motifs is 2. The summed E-state index contributed by atoms with van der Waals surface area (Å²) in [5.74, 6) is -0.896. The number of aromatic hydroxyl groups is 1. The summed E-state index contributed by atoms with van der Waals surface area (Å²) in [5.41, 5.74) is 1.18. The summed E-state index contributed by atoms with van der Waals surface area (Å²) in [7, 11) is 0. The van der Waals surface area contributed by atoms with Gasteiger partial charge in [0.1, 0.15) is 17.9 Å². The molecule has 2 aromatic heterocycles. The van der Waals surface area contributed by atoms with Crippen LogP contribution in [-0.2, 0) is 11.3 Å². The van der Waals surface area contributed by atoms with Crippen LogP contribution in [0.5, 0.6) is 5.75 Å². The first kappa shape index (κ1) is 17.0. The zero-order valence-electron chi connectivity index (χ0n) is 13.7. The number of aromatic nitrogens is 2. The minimum absolute atomic E-state index is 0.0525. The number of carbonyl (C=O) groups excluding carboxylic acids is 1. The van der Waals surface area contributed by atoms with Gasteiger partial charge in [-0.2, -0.15) is 0 Å². The number of carbonyl (C=O) groups is 1. The maximum Gasteiger partial charge on any atom is 0.358 e. The van der Waals surface area contributed by atoms with Gasteiger partial charge in [0.25, 0.3) is 0 Å². The lowest BCUT2D eigenvalue weighted by atomic mass is 10.1. The third kappa shape index (κ3) is 3.32. The summed E-state index contributed by atoms with van der Waals surface area (Å²) < 4.78 is 10.3. The van der Waals surface area contributed by atoms with Crippen molar-refractivity contribution < 1.29 is 19.1 Å². The molecule has 0 amide bonds. The van der Waals surface area contributed by atoms with Crippen LogP contribution >= 0.6 is 11.6 Å². The number of hydrogen-bond acceptors (Lipinski definition) is 7. The molecule has 0 radical (unpaired) electrons. The van der Waals surface area contributed by atoms with Gasteiger partial charge in [-0.25, -0.2) is 14.6 Å². The minimum Gasteiger partial charge on any atom is -0.506 e. The van der Waals surface area contributed by atoms with E-state index in [0.29, 0.717) is 22.0 Å². The van der Waals surface area contributed by atoms with E-state index in [1.165, 1.54) is 24.4 Å². The first-order chi connectivity index (χ1) is 13.0. The fraction of sp³-hybridized carbons (Fsp3) is 0.0526. The van der Waals surface area contributed by atoms with Crippen LogP contribution in [0.2, 0.25) is 5.02 Å². The Hall–Kier alpha value is -3.45. The average molecular weight is 383 g/mol. The molecule has 0 unspecified atom stereocenters. The van der Waals surface area contributed by atoms with E-state index in [9.17, 15) is 14.7 Å². The number of phenolic OH excluding ortho intramolecular Hbond substituents is 1. The fourth-order valence-electron chi connectivity index (χ4n) is 2.63. The molecule has 134 valence electrons. The van der Waals surface area contributed by atoms with Crippen LogP contribution in [0, 0.1) is 0 Å². The van der Waals surface area contributed by atoms with Gasteiger partial charge >= 0.3 is 11.6 Å². The number of ether oxygens (including phenoxy) is 1. The molecule has 27 heavy (non-hydrogen) atoms. The van der Waals surface area contributed by atoms with Crippen molar-refractivity contribution in [1.82, 2.24) is 9.97 Å². The summed E-state index contributed by atoms with van der Waals surface area (Å²) in [6.07, 6.45) is 1.33. The second kappa shape index (κ2) is 6.69. The van der Waals surface area contributed by atoms with Crippen molar-refractivity contribution in [3.8, 4) is 5.75 Å². The summed E-state index contributed by atoms with van der Waals surface area (Å²) in [5, 5.41) is 10.2. The Bertz CT molecular complexity index is 1250. The van der Waals surface area contributed by atoms with E-state index in [1.54, 1.807) is 18.2 Å². The quantitative estimate of drug-likeness (QED) is 0.427. The highest BCUT2D eigenvalue weighted by molar-refractivity contribution is 6.32. The third-order valence-corrected chi connectivity index (χ3v) is 4.22. The van der Waals surface area contributed by atoms with E-state index in [-0.39, 0.29) is 28.7 Å². The van der Waals surface area contributed by atoms with Gasteiger partial charge in [0.2, 0.25) is 0 Å². The molecule has 4 aromatic rings. The largest absolute Gasteiger partial charge is 0.506 e. The van der Waals surface area contributed by atoms with Crippen LogP contribution in [0.25, 0.3) is 22.0 Å². The summed E-state index contributed by atoms with van der Waals surface area (Å²) >= 11 is 5.92. The number of rotatable bonds is 3. The monoisotopic (exact) mass is 382 g/mol. The van der Waals surface area contributed by atoms with Gasteiger partial charge in [-0.05, 0) is 18.2 Å². The Morgan fingerprint density at radius 3 is 2.78 bits per heavy atom. The molecule has 0 aliphatic heterocycles. The number of nitrogens with zero attached hydrogens (tertiary/aromatic N) is 2. The van der Waals surface area contributed by atoms with Crippen molar-refractivity contribution in [2.45, 2.75) is 6.61 Å². The molecule has 4 rings (SSSR count). The standard InChI is InChI=1S/C19H11ClN2O5/c20-12-6-11-10(5-18(24)27-17(11)7-16(12)23)9-26-19(25)15-8-21-13-3-1-2-4-14(13)22-15/h1-8,23H,9H2. The molecule has 0 atom stereocenters. The first-order valence-corrected chi connectivity index (χ1v) is 8.23. The molecule has 2 heterocycles.